The summed E-state index contributed by atoms with van der Waals surface area (Å²) in [4.78, 5) is 17.8. The fourth-order valence-electron chi connectivity index (χ4n) is 1.44. The van der Waals surface area contributed by atoms with E-state index in [1.54, 1.807) is 13.2 Å². The van der Waals surface area contributed by atoms with Crippen LogP contribution in [0.15, 0.2) is 12.3 Å². The second-order valence-corrected chi connectivity index (χ2v) is 4.33. The summed E-state index contributed by atoms with van der Waals surface area (Å²) >= 11 is 0. The fourth-order valence-corrected chi connectivity index (χ4v) is 1.44. The Morgan fingerprint density at radius 3 is 2.76 bits per heavy atom. The van der Waals surface area contributed by atoms with E-state index in [1.807, 2.05) is 25.1 Å². The molecular formula is C12H17N3O2. The number of amides is 1. The first-order valence-electron chi connectivity index (χ1n) is 5.68. The molecule has 1 heterocycles. The lowest BCUT2D eigenvalue weighted by Gasteiger charge is -2.15. The lowest BCUT2D eigenvalue weighted by atomic mass is 10.2. The number of nitrogens with zero attached hydrogens (tertiary/aromatic N) is 2. The number of rotatable bonds is 4. The van der Waals surface area contributed by atoms with Gasteiger partial charge in [0.15, 0.2) is 0 Å². The molecule has 1 aliphatic carbocycles. The molecule has 1 amide bonds. The van der Waals surface area contributed by atoms with Gasteiger partial charge in [0, 0.05) is 33.4 Å². The molecule has 0 unspecified atom stereocenters. The van der Waals surface area contributed by atoms with Crippen LogP contribution in [-0.2, 0) is 0 Å². The number of pyridine rings is 1. The molecule has 0 radical (unpaired) electrons. The van der Waals surface area contributed by atoms with E-state index in [1.165, 1.54) is 0 Å². The standard InChI is InChI=1S/C12H17N3O2/c1-13-12(16)9-7-14-11(15(2)3)6-10(9)17-8-4-5-8/h6-8H,4-5H2,1-3H3,(H,13,16). The normalized spacial score (nSPS) is 14.3. The van der Waals surface area contributed by atoms with Crippen molar-refractivity contribution < 1.29 is 9.53 Å². The summed E-state index contributed by atoms with van der Waals surface area (Å²) < 4.78 is 5.74. The first kappa shape index (κ1) is 11.7. The third kappa shape index (κ3) is 2.67. The molecule has 1 aromatic rings. The summed E-state index contributed by atoms with van der Waals surface area (Å²) in [5.41, 5.74) is 0.491. The SMILES string of the molecule is CNC(=O)c1cnc(N(C)C)cc1OC1CC1. The van der Waals surface area contributed by atoms with E-state index in [0.29, 0.717) is 11.3 Å². The van der Waals surface area contributed by atoms with E-state index >= 15 is 0 Å². The second kappa shape index (κ2) is 4.61. The zero-order valence-electron chi connectivity index (χ0n) is 10.4. The van der Waals surface area contributed by atoms with Gasteiger partial charge in [-0.15, -0.1) is 0 Å². The first-order valence-corrected chi connectivity index (χ1v) is 5.68. The maximum Gasteiger partial charge on any atom is 0.256 e. The Labute approximate surface area is 101 Å². The number of carbonyl (C=O) groups excluding carboxylic acids is 1. The summed E-state index contributed by atoms with van der Waals surface area (Å²) in [6.07, 6.45) is 3.95. The average Bonchev–Trinajstić information content (AvgIpc) is 3.11. The summed E-state index contributed by atoms with van der Waals surface area (Å²) in [6, 6.07) is 1.81. The molecule has 0 aromatic carbocycles. The molecular weight excluding hydrogens is 218 g/mol. The van der Waals surface area contributed by atoms with Crippen molar-refractivity contribution in [2.75, 3.05) is 26.0 Å². The summed E-state index contributed by atoms with van der Waals surface area (Å²) in [5.74, 6) is 1.23. The molecule has 1 aliphatic rings. The van der Waals surface area contributed by atoms with Crippen molar-refractivity contribution in [3.05, 3.63) is 17.8 Å². The molecule has 0 atom stereocenters. The van der Waals surface area contributed by atoms with Crippen LogP contribution in [-0.4, -0.2) is 38.1 Å². The Morgan fingerprint density at radius 2 is 2.24 bits per heavy atom. The minimum atomic E-state index is -0.168. The largest absolute Gasteiger partial charge is 0.489 e. The van der Waals surface area contributed by atoms with Gasteiger partial charge >= 0.3 is 0 Å². The van der Waals surface area contributed by atoms with Crippen molar-refractivity contribution >= 4 is 11.7 Å². The molecule has 1 saturated carbocycles. The van der Waals surface area contributed by atoms with Gasteiger partial charge in [-0.1, -0.05) is 0 Å². The van der Waals surface area contributed by atoms with Crippen molar-refractivity contribution in [1.29, 1.82) is 0 Å². The lowest BCUT2D eigenvalue weighted by Crippen LogP contribution is -2.20. The van der Waals surface area contributed by atoms with Crippen LogP contribution in [0, 0.1) is 0 Å². The number of carbonyl (C=O) groups is 1. The second-order valence-electron chi connectivity index (χ2n) is 4.33. The van der Waals surface area contributed by atoms with Crippen LogP contribution in [0.25, 0.3) is 0 Å². The van der Waals surface area contributed by atoms with Gasteiger partial charge in [-0.05, 0) is 12.8 Å². The van der Waals surface area contributed by atoms with Crippen LogP contribution < -0.4 is 15.0 Å². The highest BCUT2D eigenvalue weighted by Gasteiger charge is 2.26. The van der Waals surface area contributed by atoms with E-state index in [4.69, 9.17) is 4.74 Å². The molecule has 92 valence electrons. The molecule has 1 N–H and O–H groups in total. The van der Waals surface area contributed by atoms with Gasteiger partial charge < -0.3 is 15.0 Å². The molecule has 17 heavy (non-hydrogen) atoms. The highest BCUT2D eigenvalue weighted by molar-refractivity contribution is 5.96. The molecule has 1 fully saturated rings. The predicted octanol–water partition coefficient (Wildman–Crippen LogP) is 1.05. The van der Waals surface area contributed by atoms with Gasteiger partial charge in [-0.3, -0.25) is 4.79 Å². The predicted molar refractivity (Wildman–Crippen MR) is 65.6 cm³/mol. The highest BCUT2D eigenvalue weighted by Crippen LogP contribution is 2.30. The average molecular weight is 235 g/mol. The summed E-state index contributed by atoms with van der Waals surface area (Å²) in [6.45, 7) is 0. The smallest absolute Gasteiger partial charge is 0.256 e. The monoisotopic (exact) mass is 235 g/mol. The quantitative estimate of drug-likeness (QED) is 0.847. The fraction of sp³-hybridized carbons (Fsp3) is 0.500. The number of hydrogen-bond acceptors (Lipinski definition) is 4. The maximum absolute atomic E-state index is 11.7. The minimum Gasteiger partial charge on any atom is -0.489 e. The van der Waals surface area contributed by atoms with Crippen LogP contribution in [0.3, 0.4) is 0 Å². The third-order valence-corrected chi connectivity index (χ3v) is 2.60. The Hall–Kier alpha value is -1.78. The van der Waals surface area contributed by atoms with Crippen molar-refractivity contribution in [3.63, 3.8) is 0 Å². The number of anilines is 1. The molecule has 2 rings (SSSR count). The molecule has 0 bridgehead atoms. The van der Waals surface area contributed by atoms with Gasteiger partial charge in [0.25, 0.3) is 5.91 Å². The first-order chi connectivity index (χ1) is 8.11. The molecule has 0 spiro atoms. The lowest BCUT2D eigenvalue weighted by molar-refractivity contribution is 0.0958. The van der Waals surface area contributed by atoms with E-state index in [9.17, 15) is 4.79 Å². The topological polar surface area (TPSA) is 54.5 Å². The van der Waals surface area contributed by atoms with E-state index < -0.39 is 0 Å². The van der Waals surface area contributed by atoms with Crippen molar-refractivity contribution in [2.45, 2.75) is 18.9 Å². The molecule has 5 nitrogen and oxygen atoms in total. The van der Waals surface area contributed by atoms with Gasteiger partial charge in [-0.2, -0.15) is 0 Å². The van der Waals surface area contributed by atoms with Crippen molar-refractivity contribution in [1.82, 2.24) is 10.3 Å². The van der Waals surface area contributed by atoms with Crippen molar-refractivity contribution in [3.8, 4) is 5.75 Å². The van der Waals surface area contributed by atoms with E-state index in [-0.39, 0.29) is 12.0 Å². The number of hydrogen-bond donors (Lipinski definition) is 1. The zero-order chi connectivity index (χ0) is 12.4. The zero-order valence-corrected chi connectivity index (χ0v) is 10.4. The Morgan fingerprint density at radius 1 is 1.53 bits per heavy atom. The van der Waals surface area contributed by atoms with Gasteiger partial charge in [0.05, 0.1) is 11.7 Å². The van der Waals surface area contributed by atoms with Crippen molar-refractivity contribution in [2.24, 2.45) is 0 Å². The number of nitrogens with one attached hydrogen (secondary N) is 1. The minimum absolute atomic E-state index is 0.168. The number of aromatic nitrogens is 1. The van der Waals surface area contributed by atoms with Gasteiger partial charge in [-0.25, -0.2) is 4.98 Å². The number of ether oxygens (including phenoxy) is 1. The van der Waals surface area contributed by atoms with Crippen LogP contribution in [0.5, 0.6) is 5.75 Å². The highest BCUT2D eigenvalue weighted by atomic mass is 16.5. The molecule has 0 saturated heterocycles. The van der Waals surface area contributed by atoms with Crippen LogP contribution in [0.4, 0.5) is 5.82 Å². The van der Waals surface area contributed by atoms with Crippen LogP contribution in [0.2, 0.25) is 0 Å². The molecule has 0 aliphatic heterocycles. The third-order valence-electron chi connectivity index (χ3n) is 2.60. The van der Waals surface area contributed by atoms with E-state index in [0.717, 1.165) is 18.7 Å². The molecule has 5 heteroatoms. The molecule has 1 aromatic heterocycles. The summed E-state index contributed by atoms with van der Waals surface area (Å²) in [5, 5.41) is 2.59. The maximum atomic E-state index is 11.7. The van der Waals surface area contributed by atoms with Crippen LogP contribution in [0.1, 0.15) is 23.2 Å². The van der Waals surface area contributed by atoms with Gasteiger partial charge in [0.2, 0.25) is 0 Å². The Kier molecular flexibility index (Phi) is 3.17. The van der Waals surface area contributed by atoms with Crippen LogP contribution >= 0.6 is 0 Å². The Balaban J connectivity index is 2.32. The van der Waals surface area contributed by atoms with E-state index in [2.05, 4.69) is 10.3 Å². The van der Waals surface area contributed by atoms with Gasteiger partial charge in [0.1, 0.15) is 11.6 Å². The Bertz CT molecular complexity index is 428. The summed E-state index contributed by atoms with van der Waals surface area (Å²) in [7, 11) is 5.41.